The van der Waals surface area contributed by atoms with Crippen LogP contribution in [-0.4, -0.2) is 21.9 Å². The van der Waals surface area contributed by atoms with Gasteiger partial charge in [-0.25, -0.2) is 0 Å². The van der Waals surface area contributed by atoms with Gasteiger partial charge >= 0.3 is 6.18 Å². The number of non-ortho nitro benzene ring substituents is 1. The third-order valence-corrected chi connectivity index (χ3v) is 2.38. The summed E-state index contributed by atoms with van der Waals surface area (Å²) in [6.45, 7) is 0. The van der Waals surface area contributed by atoms with E-state index in [0.717, 1.165) is 24.4 Å². The molecule has 0 atom stereocenters. The van der Waals surface area contributed by atoms with Gasteiger partial charge in [0.25, 0.3) is 11.5 Å². The molecule has 0 radical (unpaired) electrons. The zero-order valence-electron chi connectivity index (χ0n) is 8.62. The first-order chi connectivity index (χ1) is 8.30. The first kappa shape index (κ1) is 12.1. The molecule has 5 nitrogen and oxygen atoms in total. The van der Waals surface area contributed by atoms with Crippen LogP contribution in [0.3, 0.4) is 0 Å². The Balaban J connectivity index is 2.56. The Kier molecular flexibility index (Phi) is 2.57. The molecule has 1 N–H and O–H groups in total. The number of hydrogen-bond acceptors (Lipinski definition) is 3. The second kappa shape index (κ2) is 3.83. The molecule has 18 heavy (non-hydrogen) atoms. The number of aromatic nitrogens is 1. The van der Waals surface area contributed by atoms with Gasteiger partial charge in [0.2, 0.25) is 0 Å². The zero-order chi connectivity index (χ0) is 13.5. The van der Waals surface area contributed by atoms with Gasteiger partial charge < -0.3 is 4.98 Å². The molecule has 2 aromatic rings. The SMILES string of the molecule is O=C(c1c[nH]c2cc([N+](=O)[O-])ccc12)C(F)(F)F. The fourth-order valence-electron chi connectivity index (χ4n) is 1.57. The third-order valence-electron chi connectivity index (χ3n) is 2.38. The number of rotatable bonds is 2. The predicted octanol–water partition coefficient (Wildman–Crippen LogP) is 2.82. The lowest BCUT2D eigenvalue weighted by molar-refractivity contribution is -0.384. The van der Waals surface area contributed by atoms with Crippen LogP contribution in [0.1, 0.15) is 10.4 Å². The molecule has 0 saturated heterocycles. The lowest BCUT2D eigenvalue weighted by Gasteiger charge is -2.03. The Bertz CT molecular complexity index is 645. The fourth-order valence-corrected chi connectivity index (χ4v) is 1.57. The van der Waals surface area contributed by atoms with Crippen molar-refractivity contribution < 1.29 is 22.9 Å². The van der Waals surface area contributed by atoms with Crippen LogP contribution in [0.4, 0.5) is 18.9 Å². The van der Waals surface area contributed by atoms with Gasteiger partial charge in [0.15, 0.2) is 0 Å². The summed E-state index contributed by atoms with van der Waals surface area (Å²) in [4.78, 5) is 23.3. The van der Waals surface area contributed by atoms with Crippen molar-refractivity contribution in [1.29, 1.82) is 0 Å². The molecule has 94 valence electrons. The van der Waals surface area contributed by atoms with Crippen LogP contribution in [0.15, 0.2) is 24.4 Å². The summed E-state index contributed by atoms with van der Waals surface area (Å²) in [5, 5.41) is 10.5. The highest BCUT2D eigenvalue weighted by atomic mass is 19.4. The number of Topliss-reactive ketones (excluding diaryl/α,β-unsaturated/α-hetero) is 1. The molecule has 0 bridgehead atoms. The van der Waals surface area contributed by atoms with Gasteiger partial charge in [0.05, 0.1) is 16.0 Å². The van der Waals surface area contributed by atoms with Gasteiger partial charge in [0.1, 0.15) is 0 Å². The minimum absolute atomic E-state index is 0.00271. The molecule has 1 heterocycles. The largest absolute Gasteiger partial charge is 0.454 e. The molecule has 0 aliphatic heterocycles. The van der Waals surface area contributed by atoms with Crippen molar-refractivity contribution in [3.05, 3.63) is 40.1 Å². The quantitative estimate of drug-likeness (QED) is 0.511. The van der Waals surface area contributed by atoms with Gasteiger partial charge in [-0.05, 0) is 6.07 Å². The summed E-state index contributed by atoms with van der Waals surface area (Å²) < 4.78 is 36.8. The second-order valence-corrected chi connectivity index (χ2v) is 3.52. The minimum atomic E-state index is -4.98. The Hall–Kier alpha value is -2.38. The molecule has 0 spiro atoms. The molecule has 1 aromatic heterocycles. The number of fused-ring (bicyclic) bond motifs is 1. The Morgan fingerprint density at radius 2 is 2.00 bits per heavy atom. The second-order valence-electron chi connectivity index (χ2n) is 3.52. The summed E-state index contributed by atoms with van der Waals surface area (Å²) in [7, 11) is 0. The van der Waals surface area contributed by atoms with Crippen molar-refractivity contribution in [3.8, 4) is 0 Å². The molecule has 0 aliphatic rings. The topological polar surface area (TPSA) is 76.0 Å². The highest BCUT2D eigenvalue weighted by Gasteiger charge is 2.40. The molecule has 0 fully saturated rings. The highest BCUT2D eigenvalue weighted by molar-refractivity contribution is 6.10. The maximum Gasteiger partial charge on any atom is 0.454 e. The molecule has 0 amide bonds. The Morgan fingerprint density at radius 1 is 1.33 bits per heavy atom. The van der Waals surface area contributed by atoms with Crippen molar-refractivity contribution >= 4 is 22.4 Å². The maximum atomic E-state index is 12.3. The summed E-state index contributed by atoms with van der Waals surface area (Å²) >= 11 is 0. The normalized spacial score (nSPS) is 11.7. The van der Waals surface area contributed by atoms with Crippen LogP contribution in [0.2, 0.25) is 0 Å². The van der Waals surface area contributed by atoms with E-state index in [2.05, 4.69) is 4.98 Å². The van der Waals surface area contributed by atoms with Crippen molar-refractivity contribution in [1.82, 2.24) is 4.98 Å². The Morgan fingerprint density at radius 3 is 2.56 bits per heavy atom. The number of halogens is 3. The molecular formula is C10H5F3N2O3. The minimum Gasteiger partial charge on any atom is -0.360 e. The molecule has 1 aromatic carbocycles. The van der Waals surface area contributed by atoms with Crippen molar-refractivity contribution in [2.75, 3.05) is 0 Å². The number of ketones is 1. The number of H-pyrrole nitrogens is 1. The van der Waals surface area contributed by atoms with Crippen molar-refractivity contribution in [2.24, 2.45) is 0 Å². The number of nitro groups is 1. The summed E-state index contributed by atoms with van der Waals surface area (Å²) in [6, 6.07) is 3.23. The molecule has 0 aliphatic carbocycles. The molecule has 0 unspecified atom stereocenters. The third kappa shape index (κ3) is 1.92. The van der Waals surface area contributed by atoms with Crippen molar-refractivity contribution in [3.63, 3.8) is 0 Å². The maximum absolute atomic E-state index is 12.3. The van der Waals surface area contributed by atoms with Crippen LogP contribution in [0.25, 0.3) is 10.9 Å². The van der Waals surface area contributed by atoms with Crippen LogP contribution < -0.4 is 0 Å². The van der Waals surface area contributed by atoms with E-state index in [0.29, 0.717) is 0 Å². The lowest BCUT2D eigenvalue weighted by Crippen LogP contribution is -2.22. The number of nitrogens with zero attached hydrogens (tertiary/aromatic N) is 1. The molecule has 2 rings (SSSR count). The standard InChI is InChI=1S/C10H5F3N2O3/c11-10(12,13)9(16)7-4-14-8-3-5(15(17)18)1-2-6(7)8/h1-4,14H. The predicted molar refractivity (Wildman–Crippen MR) is 55.3 cm³/mol. The number of carbonyl (C=O) groups excluding carboxylic acids is 1. The summed E-state index contributed by atoms with van der Waals surface area (Å²) in [6.07, 6.45) is -4.08. The molecular weight excluding hydrogens is 253 g/mol. The number of benzene rings is 1. The van der Waals surface area contributed by atoms with Crippen LogP contribution in [-0.2, 0) is 0 Å². The first-order valence-electron chi connectivity index (χ1n) is 4.68. The van der Waals surface area contributed by atoms with Crippen molar-refractivity contribution in [2.45, 2.75) is 6.18 Å². The molecule has 0 saturated carbocycles. The Labute approximate surface area is 97.4 Å². The van der Waals surface area contributed by atoms with Crippen LogP contribution in [0.5, 0.6) is 0 Å². The lowest BCUT2D eigenvalue weighted by atomic mass is 10.1. The van der Waals surface area contributed by atoms with E-state index in [1.807, 2.05) is 0 Å². The molecule has 8 heteroatoms. The number of alkyl halides is 3. The number of carbonyl (C=O) groups is 1. The number of aromatic amines is 1. The van der Waals surface area contributed by atoms with Gasteiger partial charge in [-0.1, -0.05) is 0 Å². The van der Waals surface area contributed by atoms with E-state index in [4.69, 9.17) is 0 Å². The van der Waals surface area contributed by atoms with E-state index in [-0.39, 0.29) is 16.6 Å². The average molecular weight is 258 g/mol. The van der Waals surface area contributed by atoms with E-state index >= 15 is 0 Å². The number of hydrogen-bond donors (Lipinski definition) is 1. The summed E-state index contributed by atoms with van der Waals surface area (Å²) in [5.41, 5.74) is -0.709. The zero-order valence-corrected chi connectivity index (χ0v) is 8.62. The van der Waals surface area contributed by atoms with Gasteiger partial charge in [0, 0.05) is 23.7 Å². The van der Waals surface area contributed by atoms with E-state index in [1.54, 1.807) is 0 Å². The fraction of sp³-hybridized carbons (Fsp3) is 0.100. The highest BCUT2D eigenvalue weighted by Crippen LogP contribution is 2.28. The van der Waals surface area contributed by atoms with Gasteiger partial charge in [-0.2, -0.15) is 13.2 Å². The first-order valence-corrected chi connectivity index (χ1v) is 4.68. The van der Waals surface area contributed by atoms with Crippen LogP contribution >= 0.6 is 0 Å². The monoisotopic (exact) mass is 258 g/mol. The van der Waals surface area contributed by atoms with E-state index in [1.165, 1.54) is 0 Å². The average Bonchev–Trinajstić information content (AvgIpc) is 2.68. The van der Waals surface area contributed by atoms with Gasteiger partial charge in [-0.15, -0.1) is 0 Å². The van der Waals surface area contributed by atoms with E-state index in [9.17, 15) is 28.1 Å². The van der Waals surface area contributed by atoms with E-state index < -0.39 is 22.4 Å². The smallest absolute Gasteiger partial charge is 0.360 e. The number of nitrogens with one attached hydrogen (secondary N) is 1. The number of nitro benzene ring substituents is 1. The summed E-state index contributed by atoms with van der Waals surface area (Å²) in [5.74, 6) is -1.98. The van der Waals surface area contributed by atoms with Gasteiger partial charge in [-0.3, -0.25) is 14.9 Å². The van der Waals surface area contributed by atoms with Crippen LogP contribution in [0, 0.1) is 10.1 Å².